The van der Waals surface area contributed by atoms with E-state index in [1.165, 1.54) is 6.92 Å². The molecule has 1 aromatic heterocycles. The minimum Gasteiger partial charge on any atom is -0.493 e. The first kappa shape index (κ1) is 10.6. The van der Waals surface area contributed by atoms with Gasteiger partial charge in [-0.1, -0.05) is 11.8 Å². The highest BCUT2D eigenvalue weighted by Gasteiger charge is 2.07. The number of hydrogen-bond donors (Lipinski definition) is 3. The van der Waals surface area contributed by atoms with Crippen LogP contribution in [0.15, 0.2) is 9.95 Å². The van der Waals surface area contributed by atoms with Crippen LogP contribution in [0.4, 0.5) is 0 Å². The molecule has 0 aliphatic heterocycles. The third-order valence-electron chi connectivity index (χ3n) is 1.44. The molecule has 0 aliphatic carbocycles. The van der Waals surface area contributed by atoms with E-state index in [1.54, 1.807) is 0 Å². The Bertz CT molecular complexity index is 415. The van der Waals surface area contributed by atoms with E-state index in [-0.39, 0.29) is 22.4 Å². The summed E-state index contributed by atoms with van der Waals surface area (Å²) in [6.07, 6.45) is 0. The maximum atomic E-state index is 11.1. The monoisotopic (exact) mass is 216 g/mol. The Balaban J connectivity index is 2.90. The van der Waals surface area contributed by atoms with Crippen molar-refractivity contribution in [3.05, 3.63) is 15.9 Å². The van der Waals surface area contributed by atoms with E-state index in [0.717, 1.165) is 11.8 Å². The SMILES string of the molecule is Cc1c(O)nc(SCC(=O)O)[nH]c1=O. The van der Waals surface area contributed by atoms with E-state index in [2.05, 4.69) is 9.97 Å². The lowest BCUT2D eigenvalue weighted by Crippen LogP contribution is -2.12. The van der Waals surface area contributed by atoms with Crippen molar-refractivity contribution < 1.29 is 15.0 Å². The molecule has 0 unspecified atom stereocenters. The van der Waals surface area contributed by atoms with E-state index in [4.69, 9.17) is 10.2 Å². The molecule has 3 N–H and O–H groups in total. The number of carboxylic acids is 1. The zero-order valence-corrected chi connectivity index (χ0v) is 8.09. The number of aromatic amines is 1. The van der Waals surface area contributed by atoms with Crippen LogP contribution in [-0.4, -0.2) is 31.9 Å². The molecule has 0 fully saturated rings. The molecule has 0 aliphatic rings. The molecule has 14 heavy (non-hydrogen) atoms. The Morgan fingerprint density at radius 3 is 2.79 bits per heavy atom. The lowest BCUT2D eigenvalue weighted by molar-refractivity contribution is -0.133. The first-order valence-electron chi connectivity index (χ1n) is 3.65. The van der Waals surface area contributed by atoms with Crippen molar-refractivity contribution in [1.82, 2.24) is 9.97 Å². The van der Waals surface area contributed by atoms with Crippen molar-refractivity contribution in [3.63, 3.8) is 0 Å². The van der Waals surface area contributed by atoms with Gasteiger partial charge in [0.15, 0.2) is 5.16 Å². The first-order valence-corrected chi connectivity index (χ1v) is 4.63. The van der Waals surface area contributed by atoms with E-state index in [9.17, 15) is 9.59 Å². The van der Waals surface area contributed by atoms with Crippen LogP contribution >= 0.6 is 11.8 Å². The first-order chi connectivity index (χ1) is 6.50. The summed E-state index contributed by atoms with van der Waals surface area (Å²) in [6.45, 7) is 1.42. The lowest BCUT2D eigenvalue weighted by Gasteiger charge is -2.00. The molecule has 0 saturated heterocycles. The van der Waals surface area contributed by atoms with Crippen LogP contribution in [0.2, 0.25) is 0 Å². The van der Waals surface area contributed by atoms with Gasteiger partial charge in [-0.3, -0.25) is 9.59 Å². The molecule has 1 heterocycles. The van der Waals surface area contributed by atoms with E-state index in [1.807, 2.05) is 0 Å². The zero-order chi connectivity index (χ0) is 10.7. The molecule has 0 aromatic carbocycles. The minimum absolute atomic E-state index is 0.0977. The highest BCUT2D eigenvalue weighted by Crippen LogP contribution is 2.14. The predicted molar refractivity (Wildman–Crippen MR) is 49.6 cm³/mol. The number of aromatic hydroxyl groups is 1. The topological polar surface area (TPSA) is 103 Å². The van der Waals surface area contributed by atoms with E-state index in [0.29, 0.717) is 0 Å². The molecule has 0 radical (unpaired) electrons. The molecule has 0 amide bonds. The smallest absolute Gasteiger partial charge is 0.313 e. The van der Waals surface area contributed by atoms with Crippen molar-refractivity contribution in [1.29, 1.82) is 0 Å². The summed E-state index contributed by atoms with van der Waals surface area (Å²) in [5.74, 6) is -1.61. The van der Waals surface area contributed by atoms with Crippen molar-refractivity contribution in [2.24, 2.45) is 0 Å². The van der Waals surface area contributed by atoms with Gasteiger partial charge in [0.25, 0.3) is 5.56 Å². The number of nitrogens with zero attached hydrogens (tertiary/aromatic N) is 1. The summed E-state index contributed by atoms with van der Waals surface area (Å²) < 4.78 is 0. The molecule has 6 nitrogen and oxygen atoms in total. The van der Waals surface area contributed by atoms with Gasteiger partial charge in [-0.15, -0.1) is 0 Å². The normalized spacial score (nSPS) is 10.1. The van der Waals surface area contributed by atoms with Crippen LogP contribution in [0.1, 0.15) is 5.56 Å². The number of carbonyl (C=O) groups is 1. The van der Waals surface area contributed by atoms with Crippen LogP contribution in [0.3, 0.4) is 0 Å². The number of rotatable bonds is 3. The molecule has 0 spiro atoms. The largest absolute Gasteiger partial charge is 0.493 e. The molecule has 0 saturated carbocycles. The van der Waals surface area contributed by atoms with Crippen molar-refractivity contribution >= 4 is 17.7 Å². The summed E-state index contributed by atoms with van der Waals surface area (Å²) in [5, 5.41) is 17.6. The van der Waals surface area contributed by atoms with E-state index >= 15 is 0 Å². The van der Waals surface area contributed by atoms with Crippen molar-refractivity contribution in [2.75, 3.05) is 5.75 Å². The van der Waals surface area contributed by atoms with Crippen molar-refractivity contribution in [2.45, 2.75) is 12.1 Å². The Labute approximate surface area is 83.0 Å². The van der Waals surface area contributed by atoms with Gasteiger partial charge < -0.3 is 15.2 Å². The lowest BCUT2D eigenvalue weighted by atomic mass is 10.4. The predicted octanol–water partition coefficient (Wildman–Crippen LogP) is -0.0394. The number of aromatic nitrogens is 2. The Hall–Kier alpha value is -1.50. The number of nitrogens with one attached hydrogen (secondary N) is 1. The Kier molecular flexibility index (Phi) is 3.13. The maximum absolute atomic E-state index is 11.1. The average Bonchev–Trinajstić information content (AvgIpc) is 2.10. The minimum atomic E-state index is -1.02. The maximum Gasteiger partial charge on any atom is 0.313 e. The van der Waals surface area contributed by atoms with Gasteiger partial charge in [-0.05, 0) is 6.92 Å². The van der Waals surface area contributed by atoms with Crippen molar-refractivity contribution in [3.8, 4) is 5.88 Å². The van der Waals surface area contributed by atoms with Gasteiger partial charge in [-0.2, -0.15) is 4.98 Å². The van der Waals surface area contributed by atoms with Crippen LogP contribution in [0.25, 0.3) is 0 Å². The van der Waals surface area contributed by atoms with Gasteiger partial charge in [0.1, 0.15) is 0 Å². The quantitative estimate of drug-likeness (QED) is 0.484. The Morgan fingerprint density at radius 1 is 1.64 bits per heavy atom. The van der Waals surface area contributed by atoms with Gasteiger partial charge in [0.2, 0.25) is 5.88 Å². The highest BCUT2D eigenvalue weighted by atomic mass is 32.2. The summed E-state index contributed by atoms with van der Waals surface area (Å²) in [4.78, 5) is 27.2. The van der Waals surface area contributed by atoms with Gasteiger partial charge in [0, 0.05) is 0 Å². The average molecular weight is 216 g/mol. The van der Waals surface area contributed by atoms with Crippen LogP contribution in [0, 0.1) is 6.92 Å². The standard InChI is InChI=1S/C7H8N2O4S/c1-3-5(12)8-7(9-6(3)13)14-2-4(10)11/h2H2,1H3,(H,10,11)(H2,8,9,12,13). The number of aliphatic carboxylic acids is 1. The Morgan fingerprint density at radius 2 is 2.29 bits per heavy atom. The summed E-state index contributed by atoms with van der Waals surface area (Å²) >= 11 is 0.839. The van der Waals surface area contributed by atoms with Crippen LogP contribution in [0.5, 0.6) is 5.88 Å². The zero-order valence-electron chi connectivity index (χ0n) is 7.27. The number of thioether (sulfide) groups is 1. The second-order valence-corrected chi connectivity index (χ2v) is 3.47. The molecule has 0 bridgehead atoms. The molecular formula is C7H8N2O4S. The second kappa shape index (κ2) is 4.14. The molecule has 7 heteroatoms. The number of H-pyrrole nitrogens is 1. The van der Waals surface area contributed by atoms with Crippen LogP contribution in [-0.2, 0) is 4.79 Å². The van der Waals surface area contributed by atoms with Crippen LogP contribution < -0.4 is 5.56 Å². The molecule has 1 rings (SSSR count). The summed E-state index contributed by atoms with van der Waals surface area (Å²) in [6, 6.07) is 0. The molecular weight excluding hydrogens is 208 g/mol. The second-order valence-electron chi connectivity index (χ2n) is 2.50. The fraction of sp³-hybridized carbons (Fsp3) is 0.286. The molecule has 1 aromatic rings. The fourth-order valence-electron chi connectivity index (χ4n) is 0.699. The van der Waals surface area contributed by atoms with Gasteiger partial charge in [0.05, 0.1) is 11.3 Å². The fourth-order valence-corrected chi connectivity index (χ4v) is 1.27. The highest BCUT2D eigenvalue weighted by molar-refractivity contribution is 7.99. The third-order valence-corrected chi connectivity index (χ3v) is 2.29. The summed E-state index contributed by atoms with van der Waals surface area (Å²) in [7, 11) is 0. The number of carboxylic acid groups (broad SMARTS) is 1. The molecule has 0 atom stereocenters. The van der Waals surface area contributed by atoms with Gasteiger partial charge >= 0.3 is 5.97 Å². The van der Waals surface area contributed by atoms with E-state index < -0.39 is 11.5 Å². The third kappa shape index (κ3) is 2.49. The molecule has 76 valence electrons. The van der Waals surface area contributed by atoms with Gasteiger partial charge in [-0.25, -0.2) is 0 Å². The summed E-state index contributed by atoms with van der Waals surface area (Å²) in [5.41, 5.74) is -0.352. The number of hydrogen-bond acceptors (Lipinski definition) is 5.